The number of nitrogens with zero attached hydrogens (tertiary/aromatic N) is 1. The highest BCUT2D eigenvalue weighted by atomic mass is 32.2. The Kier molecular flexibility index (Phi) is 2.26. The van der Waals surface area contributed by atoms with Crippen molar-refractivity contribution in [1.82, 2.24) is 4.90 Å². The number of amides is 1. The van der Waals surface area contributed by atoms with Crippen molar-refractivity contribution in [2.75, 3.05) is 0 Å². The van der Waals surface area contributed by atoms with E-state index in [-0.39, 0.29) is 11.3 Å². The smallest absolute Gasteiger partial charge is 0.327 e. The van der Waals surface area contributed by atoms with E-state index in [1.54, 1.807) is 17.8 Å². The zero-order chi connectivity index (χ0) is 13.1. The van der Waals surface area contributed by atoms with Gasteiger partial charge < -0.3 is 10.0 Å². The van der Waals surface area contributed by atoms with Gasteiger partial charge in [0.15, 0.2) is 0 Å². The Bertz CT molecular complexity index is 555. The van der Waals surface area contributed by atoms with Gasteiger partial charge in [-0.3, -0.25) is 4.79 Å². The summed E-state index contributed by atoms with van der Waals surface area (Å²) in [5.41, 5.74) is 1.57. The van der Waals surface area contributed by atoms with Gasteiger partial charge >= 0.3 is 5.97 Å². The lowest BCUT2D eigenvalue weighted by Crippen LogP contribution is -2.47. The molecule has 0 radical (unpaired) electrons. The lowest BCUT2D eigenvalue weighted by atomic mass is 10.0. The van der Waals surface area contributed by atoms with Crippen LogP contribution in [0.25, 0.3) is 0 Å². The summed E-state index contributed by atoms with van der Waals surface area (Å²) in [5.74, 6) is -1.10. The molecule has 1 aromatic carbocycles. The number of carbonyl (C=O) groups is 2. The van der Waals surface area contributed by atoms with E-state index in [4.69, 9.17) is 0 Å². The quantitative estimate of drug-likeness (QED) is 0.843. The average molecular weight is 263 g/mol. The lowest BCUT2D eigenvalue weighted by molar-refractivity contribution is -0.142. The Morgan fingerprint density at radius 2 is 2.06 bits per heavy atom. The second-order valence-corrected chi connectivity index (χ2v) is 6.85. The largest absolute Gasteiger partial charge is 0.480 e. The van der Waals surface area contributed by atoms with E-state index < -0.39 is 16.8 Å². The SMILES string of the molecule is CC1(C)S[C@H]2c3ccccc3C(=O)N2[C@@H]1C(=O)O. The molecule has 3 rings (SSSR count). The van der Waals surface area contributed by atoms with Crippen LogP contribution in [-0.2, 0) is 4.79 Å². The predicted octanol–water partition coefficient (Wildman–Crippen LogP) is 2.12. The molecule has 2 aliphatic heterocycles. The predicted molar refractivity (Wildman–Crippen MR) is 68.4 cm³/mol. The summed E-state index contributed by atoms with van der Waals surface area (Å²) >= 11 is 1.55. The third kappa shape index (κ3) is 1.34. The summed E-state index contributed by atoms with van der Waals surface area (Å²) in [6.45, 7) is 3.76. The zero-order valence-corrected chi connectivity index (χ0v) is 10.9. The first-order valence-electron chi connectivity index (χ1n) is 5.76. The summed E-state index contributed by atoms with van der Waals surface area (Å²) in [6.07, 6.45) is 0. The van der Waals surface area contributed by atoms with Crippen LogP contribution in [0.1, 0.15) is 35.1 Å². The Balaban J connectivity index is 2.13. The first-order chi connectivity index (χ1) is 8.43. The topological polar surface area (TPSA) is 57.6 Å². The molecule has 2 aliphatic rings. The molecule has 0 spiro atoms. The molecule has 1 N–H and O–H groups in total. The van der Waals surface area contributed by atoms with Crippen LogP contribution in [0.4, 0.5) is 0 Å². The Labute approximate surface area is 109 Å². The molecule has 94 valence electrons. The van der Waals surface area contributed by atoms with E-state index in [9.17, 15) is 14.7 Å². The Morgan fingerprint density at radius 3 is 2.72 bits per heavy atom. The Morgan fingerprint density at radius 1 is 1.39 bits per heavy atom. The van der Waals surface area contributed by atoms with Crippen molar-refractivity contribution in [2.45, 2.75) is 30.0 Å². The van der Waals surface area contributed by atoms with E-state index in [1.807, 2.05) is 32.0 Å². The van der Waals surface area contributed by atoms with E-state index in [0.717, 1.165) is 5.56 Å². The van der Waals surface area contributed by atoms with Gasteiger partial charge in [0.2, 0.25) is 0 Å². The molecule has 0 unspecified atom stereocenters. The van der Waals surface area contributed by atoms with Crippen molar-refractivity contribution in [3.05, 3.63) is 35.4 Å². The molecular weight excluding hydrogens is 250 g/mol. The van der Waals surface area contributed by atoms with Crippen LogP contribution in [-0.4, -0.2) is 32.7 Å². The molecule has 1 saturated heterocycles. The number of thioether (sulfide) groups is 1. The minimum absolute atomic E-state index is 0.162. The molecule has 0 aliphatic carbocycles. The molecular formula is C13H13NO3S. The highest BCUT2D eigenvalue weighted by Crippen LogP contribution is 2.56. The van der Waals surface area contributed by atoms with Gasteiger partial charge in [-0.15, -0.1) is 11.8 Å². The van der Waals surface area contributed by atoms with Crippen LogP contribution in [0, 0.1) is 0 Å². The number of aliphatic carboxylic acids is 1. The minimum atomic E-state index is -0.934. The van der Waals surface area contributed by atoms with Crippen molar-refractivity contribution < 1.29 is 14.7 Å². The summed E-state index contributed by atoms with van der Waals surface area (Å²) in [4.78, 5) is 25.3. The van der Waals surface area contributed by atoms with Crippen molar-refractivity contribution in [2.24, 2.45) is 0 Å². The normalized spacial score (nSPS) is 28.1. The van der Waals surface area contributed by atoms with Gasteiger partial charge in [-0.2, -0.15) is 0 Å². The van der Waals surface area contributed by atoms with Crippen LogP contribution < -0.4 is 0 Å². The maximum atomic E-state index is 12.3. The molecule has 0 bridgehead atoms. The molecule has 18 heavy (non-hydrogen) atoms. The van der Waals surface area contributed by atoms with Crippen molar-refractivity contribution in [3.63, 3.8) is 0 Å². The van der Waals surface area contributed by atoms with Crippen LogP contribution in [0.15, 0.2) is 24.3 Å². The lowest BCUT2D eigenvalue weighted by Gasteiger charge is -2.26. The fourth-order valence-corrected chi connectivity index (χ4v) is 4.36. The zero-order valence-electron chi connectivity index (χ0n) is 10.1. The third-order valence-corrected chi connectivity index (χ3v) is 5.07. The van der Waals surface area contributed by atoms with Gasteiger partial charge in [-0.1, -0.05) is 18.2 Å². The molecule has 1 fully saturated rings. The average Bonchev–Trinajstić information content (AvgIpc) is 2.72. The van der Waals surface area contributed by atoms with Crippen molar-refractivity contribution in [1.29, 1.82) is 0 Å². The van der Waals surface area contributed by atoms with Crippen molar-refractivity contribution >= 4 is 23.6 Å². The molecule has 1 aromatic rings. The number of fused-ring (bicyclic) bond motifs is 3. The van der Waals surface area contributed by atoms with Crippen LogP contribution >= 0.6 is 11.8 Å². The van der Waals surface area contributed by atoms with Crippen LogP contribution in [0.3, 0.4) is 0 Å². The van der Waals surface area contributed by atoms with Crippen LogP contribution in [0.5, 0.6) is 0 Å². The first kappa shape index (κ1) is 11.6. The summed E-state index contributed by atoms with van der Waals surface area (Å²) in [5, 5.41) is 9.22. The number of hydrogen-bond acceptors (Lipinski definition) is 3. The molecule has 0 aromatic heterocycles. The standard InChI is InChI=1S/C13H13NO3S/c1-13(2)9(12(16)17)14-10(15)7-5-3-4-6-8(7)11(14)18-13/h3-6,9,11H,1-2H3,(H,16,17)/t9-,11+/m1/s1. The third-order valence-electron chi connectivity index (χ3n) is 3.53. The van der Waals surface area contributed by atoms with Crippen molar-refractivity contribution in [3.8, 4) is 0 Å². The van der Waals surface area contributed by atoms with E-state index >= 15 is 0 Å². The maximum absolute atomic E-state index is 12.3. The van der Waals surface area contributed by atoms with Gasteiger partial charge in [-0.25, -0.2) is 4.79 Å². The Hall–Kier alpha value is -1.49. The number of benzene rings is 1. The first-order valence-corrected chi connectivity index (χ1v) is 6.63. The number of rotatable bonds is 1. The summed E-state index contributed by atoms with van der Waals surface area (Å²) in [7, 11) is 0. The van der Waals surface area contributed by atoms with Gasteiger partial charge in [0.05, 0.1) is 0 Å². The van der Waals surface area contributed by atoms with Gasteiger partial charge in [-0.05, 0) is 25.5 Å². The van der Waals surface area contributed by atoms with E-state index in [0.29, 0.717) is 5.56 Å². The highest BCUT2D eigenvalue weighted by molar-refractivity contribution is 8.01. The van der Waals surface area contributed by atoms with Crippen LogP contribution in [0.2, 0.25) is 0 Å². The minimum Gasteiger partial charge on any atom is -0.480 e. The van der Waals surface area contributed by atoms with Gasteiger partial charge in [0, 0.05) is 10.3 Å². The summed E-state index contributed by atoms with van der Waals surface area (Å²) < 4.78 is -0.473. The monoisotopic (exact) mass is 263 g/mol. The number of carboxylic acids is 1. The number of carboxylic acid groups (broad SMARTS) is 1. The van der Waals surface area contributed by atoms with Gasteiger partial charge in [0.25, 0.3) is 5.91 Å². The fraction of sp³-hybridized carbons (Fsp3) is 0.385. The second-order valence-electron chi connectivity index (χ2n) is 5.11. The maximum Gasteiger partial charge on any atom is 0.327 e. The number of hydrogen-bond donors (Lipinski definition) is 1. The molecule has 5 heteroatoms. The highest BCUT2D eigenvalue weighted by Gasteiger charge is 2.57. The van der Waals surface area contributed by atoms with E-state index in [1.165, 1.54) is 4.90 Å². The summed E-state index contributed by atoms with van der Waals surface area (Å²) in [6, 6.07) is 6.60. The molecule has 1 amide bonds. The molecule has 4 nitrogen and oxygen atoms in total. The number of carbonyl (C=O) groups excluding carboxylic acids is 1. The second kappa shape index (κ2) is 3.51. The van der Waals surface area contributed by atoms with Gasteiger partial charge in [0.1, 0.15) is 11.4 Å². The molecule has 2 heterocycles. The van der Waals surface area contributed by atoms with E-state index in [2.05, 4.69) is 0 Å². The molecule has 0 saturated carbocycles. The fourth-order valence-electron chi connectivity index (χ4n) is 2.78. The molecule has 2 atom stereocenters.